The summed E-state index contributed by atoms with van der Waals surface area (Å²) in [4.78, 5) is 24.2. The lowest BCUT2D eigenvalue weighted by molar-refractivity contribution is -0.150. The molecule has 118 valence electrons. The van der Waals surface area contributed by atoms with Crippen LogP contribution in [0.4, 0.5) is 0 Å². The van der Waals surface area contributed by atoms with Crippen LogP contribution in [0.2, 0.25) is 0 Å². The lowest BCUT2D eigenvalue weighted by Crippen LogP contribution is -2.62. The molecule has 0 radical (unpaired) electrons. The van der Waals surface area contributed by atoms with Crippen molar-refractivity contribution in [1.29, 1.82) is 0 Å². The molecule has 1 aliphatic heterocycles. The summed E-state index contributed by atoms with van der Waals surface area (Å²) in [5.41, 5.74) is -1.85. The van der Waals surface area contributed by atoms with E-state index in [9.17, 15) is 14.7 Å². The normalized spacial score (nSPS) is 58.6. The first-order valence-electron chi connectivity index (χ1n) is 8.59. The van der Waals surface area contributed by atoms with Crippen LogP contribution in [0, 0.1) is 23.2 Å². The van der Waals surface area contributed by atoms with Crippen molar-refractivity contribution in [2.45, 2.75) is 62.8 Å². The fourth-order valence-corrected chi connectivity index (χ4v) is 6.42. The second-order valence-electron chi connectivity index (χ2n) is 8.28. The molecule has 7 atom stereocenters. The van der Waals surface area contributed by atoms with Gasteiger partial charge in [-0.2, -0.15) is 0 Å². The van der Waals surface area contributed by atoms with Crippen LogP contribution in [0.1, 0.15) is 45.4 Å². The van der Waals surface area contributed by atoms with Crippen molar-refractivity contribution >= 4 is 11.6 Å². The van der Waals surface area contributed by atoms with Gasteiger partial charge in [0.1, 0.15) is 17.0 Å². The molecule has 5 rings (SSSR count). The van der Waals surface area contributed by atoms with Gasteiger partial charge in [0.05, 0.1) is 0 Å². The average Bonchev–Trinajstić information content (AvgIpc) is 3.17. The Labute approximate surface area is 129 Å². The minimum absolute atomic E-state index is 0.000170. The van der Waals surface area contributed by atoms with Crippen LogP contribution in [-0.2, 0) is 14.3 Å². The second-order valence-corrected chi connectivity index (χ2v) is 8.28. The van der Waals surface area contributed by atoms with Gasteiger partial charge in [-0.05, 0) is 62.0 Å². The van der Waals surface area contributed by atoms with E-state index in [1.165, 1.54) is 6.08 Å². The molecule has 1 spiro atoms. The molecule has 1 N–H and O–H groups in total. The number of carbonyl (C=O) groups is 2. The minimum atomic E-state index is -1.01. The van der Waals surface area contributed by atoms with Crippen molar-refractivity contribution < 1.29 is 19.4 Å². The van der Waals surface area contributed by atoms with Gasteiger partial charge in [-0.15, -0.1) is 0 Å². The van der Waals surface area contributed by atoms with Crippen LogP contribution in [-0.4, -0.2) is 34.0 Å². The van der Waals surface area contributed by atoms with E-state index >= 15 is 0 Å². The van der Waals surface area contributed by atoms with Crippen molar-refractivity contribution in [3.63, 3.8) is 0 Å². The number of ketones is 2. The van der Waals surface area contributed by atoms with E-state index in [1.54, 1.807) is 6.08 Å². The highest BCUT2D eigenvalue weighted by Crippen LogP contribution is 2.67. The maximum Gasteiger partial charge on any atom is 0.187 e. The lowest BCUT2D eigenvalue weighted by Gasteiger charge is -2.55. The van der Waals surface area contributed by atoms with Crippen molar-refractivity contribution in [3.8, 4) is 0 Å². The second kappa shape index (κ2) is 3.73. The summed E-state index contributed by atoms with van der Waals surface area (Å²) in [6.45, 7) is 2.13. The molecule has 4 fully saturated rings. The zero-order chi connectivity index (χ0) is 15.3. The van der Waals surface area contributed by atoms with Gasteiger partial charge in [0.15, 0.2) is 11.9 Å². The van der Waals surface area contributed by atoms with Crippen molar-refractivity contribution in [3.05, 3.63) is 12.2 Å². The van der Waals surface area contributed by atoms with Gasteiger partial charge in [0.25, 0.3) is 0 Å². The fourth-order valence-electron chi connectivity index (χ4n) is 6.42. The van der Waals surface area contributed by atoms with E-state index in [4.69, 9.17) is 4.74 Å². The molecule has 0 aromatic heterocycles. The van der Waals surface area contributed by atoms with Crippen LogP contribution in [0.25, 0.3) is 0 Å². The number of hydrogen-bond donors (Lipinski definition) is 1. The van der Waals surface area contributed by atoms with Gasteiger partial charge in [-0.1, -0.05) is 6.92 Å². The number of rotatable bonds is 0. The summed E-state index contributed by atoms with van der Waals surface area (Å²) in [5.74, 6) is 1.31. The first-order chi connectivity index (χ1) is 10.4. The van der Waals surface area contributed by atoms with Gasteiger partial charge in [-0.25, -0.2) is 0 Å². The van der Waals surface area contributed by atoms with Crippen LogP contribution in [0.3, 0.4) is 0 Å². The molecule has 4 heteroatoms. The van der Waals surface area contributed by atoms with E-state index in [1.807, 2.05) is 0 Å². The quantitative estimate of drug-likeness (QED) is 0.693. The summed E-state index contributed by atoms with van der Waals surface area (Å²) in [5, 5.41) is 11.4. The third-order valence-corrected chi connectivity index (χ3v) is 7.69. The number of aliphatic hydroxyl groups is 1. The average molecular weight is 302 g/mol. The molecule has 1 saturated heterocycles. The Kier molecular flexibility index (Phi) is 2.28. The van der Waals surface area contributed by atoms with E-state index < -0.39 is 17.3 Å². The van der Waals surface area contributed by atoms with Crippen LogP contribution >= 0.6 is 0 Å². The first-order valence-corrected chi connectivity index (χ1v) is 8.59. The van der Waals surface area contributed by atoms with Crippen LogP contribution in [0.15, 0.2) is 12.2 Å². The molecule has 0 aromatic rings. The predicted molar refractivity (Wildman–Crippen MR) is 78.0 cm³/mol. The fraction of sp³-hybridized carbons (Fsp3) is 0.778. The van der Waals surface area contributed by atoms with Crippen LogP contribution < -0.4 is 0 Å². The van der Waals surface area contributed by atoms with Gasteiger partial charge in [0.2, 0.25) is 0 Å². The van der Waals surface area contributed by atoms with Crippen molar-refractivity contribution in [2.24, 2.45) is 23.2 Å². The Morgan fingerprint density at radius 3 is 2.82 bits per heavy atom. The topological polar surface area (TPSA) is 66.9 Å². The molecule has 0 bridgehead atoms. The molecule has 5 aliphatic rings. The Bertz CT molecular complexity index is 625. The number of epoxide rings is 1. The summed E-state index contributed by atoms with van der Waals surface area (Å²) in [6.07, 6.45) is 7.90. The summed E-state index contributed by atoms with van der Waals surface area (Å²) in [6, 6.07) is 0. The minimum Gasteiger partial charge on any atom is -0.382 e. The highest BCUT2D eigenvalue weighted by Gasteiger charge is 2.77. The maximum absolute atomic E-state index is 12.3. The molecule has 4 aliphatic carbocycles. The number of carbonyl (C=O) groups excluding carboxylic acids is 2. The highest BCUT2D eigenvalue weighted by molar-refractivity contribution is 5.98. The number of ether oxygens (including phenoxy) is 1. The van der Waals surface area contributed by atoms with Crippen molar-refractivity contribution in [1.82, 2.24) is 0 Å². The zero-order valence-electron chi connectivity index (χ0n) is 12.9. The monoisotopic (exact) mass is 302 g/mol. The molecule has 22 heavy (non-hydrogen) atoms. The molecular weight excluding hydrogens is 280 g/mol. The SMILES string of the molecule is C[C@]12CC[C@@H]3[C@H](CC[C@]45O[C@H]4C(=O)C=C[C@]35O)[C@H]1CCC2=O. The highest BCUT2D eigenvalue weighted by atomic mass is 16.6. The smallest absolute Gasteiger partial charge is 0.187 e. The van der Waals surface area contributed by atoms with Crippen LogP contribution in [0.5, 0.6) is 0 Å². The third-order valence-electron chi connectivity index (χ3n) is 7.69. The predicted octanol–water partition coefficient (Wildman–Crippen LogP) is 1.80. The number of fused-ring (bicyclic) bond motifs is 4. The molecule has 0 unspecified atom stereocenters. The third kappa shape index (κ3) is 1.26. The van der Waals surface area contributed by atoms with E-state index in [-0.39, 0.29) is 17.1 Å². The largest absolute Gasteiger partial charge is 0.382 e. The Balaban J connectivity index is 1.56. The van der Waals surface area contributed by atoms with Gasteiger partial charge >= 0.3 is 0 Å². The van der Waals surface area contributed by atoms with E-state index in [0.29, 0.717) is 24.0 Å². The zero-order valence-corrected chi connectivity index (χ0v) is 12.9. The maximum atomic E-state index is 12.3. The number of Topliss-reactive ketones (excluding diaryl/α,β-unsaturated/α-hetero) is 1. The van der Waals surface area contributed by atoms with Gasteiger partial charge in [0, 0.05) is 11.8 Å². The molecule has 0 aromatic carbocycles. The van der Waals surface area contributed by atoms with Gasteiger partial charge < -0.3 is 9.84 Å². The Morgan fingerprint density at radius 2 is 2.00 bits per heavy atom. The Hall–Kier alpha value is -1.00. The molecule has 1 heterocycles. The molecule has 3 saturated carbocycles. The summed E-state index contributed by atoms with van der Waals surface area (Å²) >= 11 is 0. The summed E-state index contributed by atoms with van der Waals surface area (Å²) < 4.78 is 5.76. The standard InChI is InChI=1S/C18H22O4/c1-16-7-5-12-10(11(16)2-3-14(16)20)4-9-18-15(22-18)13(19)6-8-17(12,18)21/h6,8,10-12,15,21H,2-5,7,9H2,1H3/t10-,11-,12-,15+,16+,17+,18+/m1/s1. The molecule has 4 nitrogen and oxygen atoms in total. The van der Waals surface area contributed by atoms with E-state index in [2.05, 4.69) is 6.92 Å². The molecule has 0 amide bonds. The summed E-state index contributed by atoms with van der Waals surface area (Å²) in [7, 11) is 0. The Morgan fingerprint density at radius 1 is 1.18 bits per heavy atom. The van der Waals surface area contributed by atoms with Crippen molar-refractivity contribution in [2.75, 3.05) is 0 Å². The van der Waals surface area contributed by atoms with Gasteiger partial charge in [-0.3, -0.25) is 9.59 Å². The van der Waals surface area contributed by atoms with E-state index in [0.717, 1.165) is 32.1 Å². The molecular formula is C18H22O4. The lowest BCUT2D eigenvalue weighted by atomic mass is 9.49. The number of hydrogen-bond acceptors (Lipinski definition) is 4. The first kappa shape index (κ1) is 13.4.